The van der Waals surface area contributed by atoms with Crippen LogP contribution in [-0.4, -0.2) is 66.3 Å². The number of hydrogen-bond donors (Lipinski definition) is 2. The van der Waals surface area contributed by atoms with E-state index >= 15 is 0 Å². The fourth-order valence-electron chi connectivity index (χ4n) is 2.75. The molecule has 0 aliphatic carbocycles. The van der Waals surface area contributed by atoms with Gasteiger partial charge in [0.25, 0.3) is 0 Å². The Bertz CT molecular complexity index is 574. The second kappa shape index (κ2) is 12.5. The van der Waals surface area contributed by atoms with Gasteiger partial charge in [0.15, 0.2) is 5.96 Å². The second-order valence-electron chi connectivity index (χ2n) is 6.61. The average molecular weight is 380 g/mol. The third-order valence-electron chi connectivity index (χ3n) is 4.36. The van der Waals surface area contributed by atoms with Crippen LogP contribution in [0, 0.1) is 12.8 Å². The van der Waals surface area contributed by atoms with Gasteiger partial charge in [-0.3, -0.25) is 4.99 Å². The Morgan fingerprint density at radius 1 is 1.26 bits per heavy atom. The molecule has 0 amide bonds. The number of methoxy groups -OCH3 is 1. The van der Waals surface area contributed by atoms with Crippen molar-refractivity contribution in [3.8, 4) is 5.75 Å². The molecule has 152 valence electrons. The van der Waals surface area contributed by atoms with Crippen molar-refractivity contribution in [2.45, 2.75) is 19.9 Å². The van der Waals surface area contributed by atoms with E-state index in [1.54, 1.807) is 14.2 Å². The zero-order valence-corrected chi connectivity index (χ0v) is 16.8. The minimum Gasteiger partial charge on any atom is -0.493 e. The minimum absolute atomic E-state index is 0.485. The molecule has 1 aliphatic heterocycles. The van der Waals surface area contributed by atoms with Crippen LogP contribution < -0.4 is 15.4 Å². The largest absolute Gasteiger partial charge is 0.493 e. The molecule has 2 rings (SSSR count). The SMILES string of the molecule is CN=C(NCCOCCOC)NCc1ccc(C)cc1OCC1CCOC1. The first-order valence-electron chi connectivity index (χ1n) is 9.54. The van der Waals surface area contributed by atoms with Gasteiger partial charge in [-0.25, -0.2) is 0 Å². The number of aryl methyl sites for hydroxylation is 1. The Morgan fingerprint density at radius 3 is 2.89 bits per heavy atom. The molecule has 0 aromatic heterocycles. The Kier molecular flexibility index (Phi) is 9.97. The van der Waals surface area contributed by atoms with Gasteiger partial charge in [-0.2, -0.15) is 0 Å². The molecule has 1 fully saturated rings. The number of nitrogens with zero attached hydrogens (tertiary/aromatic N) is 1. The van der Waals surface area contributed by atoms with Gasteiger partial charge in [-0.05, 0) is 25.0 Å². The third kappa shape index (κ3) is 8.15. The van der Waals surface area contributed by atoms with Gasteiger partial charge < -0.3 is 29.6 Å². The molecule has 1 aromatic rings. The van der Waals surface area contributed by atoms with Gasteiger partial charge in [0, 0.05) is 45.3 Å². The molecule has 0 saturated carbocycles. The summed E-state index contributed by atoms with van der Waals surface area (Å²) >= 11 is 0. The van der Waals surface area contributed by atoms with E-state index in [-0.39, 0.29) is 0 Å². The van der Waals surface area contributed by atoms with Crippen molar-refractivity contribution in [3.05, 3.63) is 29.3 Å². The van der Waals surface area contributed by atoms with Gasteiger partial charge in [-0.15, -0.1) is 0 Å². The highest BCUT2D eigenvalue weighted by molar-refractivity contribution is 5.79. The highest BCUT2D eigenvalue weighted by atomic mass is 16.5. The van der Waals surface area contributed by atoms with Crippen LogP contribution in [0.3, 0.4) is 0 Å². The van der Waals surface area contributed by atoms with Gasteiger partial charge in [0.05, 0.1) is 33.0 Å². The first kappa shape index (κ1) is 21.5. The van der Waals surface area contributed by atoms with Crippen molar-refractivity contribution in [2.75, 3.05) is 60.3 Å². The highest BCUT2D eigenvalue weighted by Gasteiger charge is 2.17. The van der Waals surface area contributed by atoms with E-state index in [1.807, 2.05) is 0 Å². The highest BCUT2D eigenvalue weighted by Crippen LogP contribution is 2.22. The monoisotopic (exact) mass is 379 g/mol. The van der Waals surface area contributed by atoms with Crippen LogP contribution in [0.25, 0.3) is 0 Å². The second-order valence-corrected chi connectivity index (χ2v) is 6.61. The van der Waals surface area contributed by atoms with E-state index in [0.29, 0.717) is 45.4 Å². The maximum Gasteiger partial charge on any atom is 0.191 e. The Hall–Kier alpha value is -1.83. The Morgan fingerprint density at radius 2 is 2.15 bits per heavy atom. The standard InChI is InChI=1S/C20H33N3O4/c1-16-4-5-18(19(12-16)27-15-17-6-8-26-14-17)13-23-20(21-2)22-7-9-25-11-10-24-3/h4-5,12,17H,6-11,13-15H2,1-3H3,(H2,21,22,23). The van der Waals surface area contributed by atoms with E-state index < -0.39 is 0 Å². The summed E-state index contributed by atoms with van der Waals surface area (Å²) in [5.74, 6) is 2.15. The van der Waals surface area contributed by atoms with Crippen molar-refractivity contribution >= 4 is 5.96 Å². The number of aliphatic imine (C=N–C) groups is 1. The molecule has 0 radical (unpaired) electrons. The van der Waals surface area contributed by atoms with Crippen LogP contribution in [-0.2, 0) is 20.8 Å². The molecular weight excluding hydrogens is 346 g/mol. The van der Waals surface area contributed by atoms with Gasteiger partial charge in [0.1, 0.15) is 5.75 Å². The average Bonchev–Trinajstić information content (AvgIpc) is 3.20. The third-order valence-corrected chi connectivity index (χ3v) is 4.36. The number of benzene rings is 1. The predicted molar refractivity (Wildman–Crippen MR) is 106 cm³/mol. The Labute approximate surface area is 162 Å². The lowest BCUT2D eigenvalue weighted by Gasteiger charge is -2.17. The van der Waals surface area contributed by atoms with Crippen LogP contribution in [0.15, 0.2) is 23.2 Å². The first-order valence-corrected chi connectivity index (χ1v) is 9.54. The van der Waals surface area contributed by atoms with Crippen LogP contribution in [0.2, 0.25) is 0 Å². The summed E-state index contributed by atoms with van der Waals surface area (Å²) < 4.78 is 21.9. The Balaban J connectivity index is 1.78. The summed E-state index contributed by atoms with van der Waals surface area (Å²) in [6.07, 6.45) is 1.07. The first-order chi connectivity index (χ1) is 13.2. The summed E-state index contributed by atoms with van der Waals surface area (Å²) in [5.41, 5.74) is 2.30. The number of nitrogens with one attached hydrogen (secondary N) is 2. The maximum absolute atomic E-state index is 6.09. The smallest absolute Gasteiger partial charge is 0.191 e. The zero-order valence-electron chi connectivity index (χ0n) is 16.8. The molecule has 1 heterocycles. The number of ether oxygens (including phenoxy) is 4. The summed E-state index contributed by atoms with van der Waals surface area (Å²) in [5, 5.41) is 6.57. The topological polar surface area (TPSA) is 73.3 Å². The van der Waals surface area contributed by atoms with Gasteiger partial charge >= 0.3 is 0 Å². The lowest BCUT2D eigenvalue weighted by atomic mass is 10.1. The van der Waals surface area contributed by atoms with Crippen molar-refractivity contribution in [3.63, 3.8) is 0 Å². The molecule has 1 atom stereocenters. The molecule has 0 spiro atoms. The lowest BCUT2D eigenvalue weighted by Crippen LogP contribution is -2.38. The van der Waals surface area contributed by atoms with Crippen LogP contribution in [0.4, 0.5) is 0 Å². The van der Waals surface area contributed by atoms with Crippen molar-refractivity contribution < 1.29 is 18.9 Å². The fraction of sp³-hybridized carbons (Fsp3) is 0.650. The van der Waals surface area contributed by atoms with E-state index in [2.05, 4.69) is 40.7 Å². The lowest BCUT2D eigenvalue weighted by molar-refractivity contribution is 0.0733. The maximum atomic E-state index is 6.09. The fourth-order valence-corrected chi connectivity index (χ4v) is 2.75. The minimum atomic E-state index is 0.485. The molecule has 27 heavy (non-hydrogen) atoms. The van der Waals surface area contributed by atoms with Crippen molar-refractivity contribution in [1.82, 2.24) is 10.6 Å². The van der Waals surface area contributed by atoms with Crippen LogP contribution in [0.1, 0.15) is 17.5 Å². The van der Waals surface area contributed by atoms with Gasteiger partial charge in [-0.1, -0.05) is 12.1 Å². The molecule has 1 unspecified atom stereocenters. The summed E-state index contributed by atoms with van der Waals surface area (Å²) in [4.78, 5) is 4.25. The normalized spacial score (nSPS) is 17.1. The number of guanidine groups is 1. The molecule has 2 N–H and O–H groups in total. The molecule has 7 nitrogen and oxygen atoms in total. The van der Waals surface area contributed by atoms with E-state index in [4.69, 9.17) is 18.9 Å². The van der Waals surface area contributed by atoms with Gasteiger partial charge in [0.2, 0.25) is 0 Å². The van der Waals surface area contributed by atoms with Crippen molar-refractivity contribution in [2.24, 2.45) is 10.9 Å². The summed E-state index contributed by atoms with van der Waals surface area (Å²) in [7, 11) is 3.42. The number of hydrogen-bond acceptors (Lipinski definition) is 5. The van der Waals surface area contributed by atoms with Crippen LogP contribution >= 0.6 is 0 Å². The molecule has 0 bridgehead atoms. The van der Waals surface area contributed by atoms with Crippen molar-refractivity contribution in [1.29, 1.82) is 0 Å². The van der Waals surface area contributed by atoms with E-state index in [1.165, 1.54) is 5.56 Å². The van der Waals surface area contributed by atoms with E-state index in [9.17, 15) is 0 Å². The number of rotatable bonds is 11. The molecule has 1 aromatic carbocycles. The van der Waals surface area contributed by atoms with E-state index in [0.717, 1.165) is 36.9 Å². The van der Waals surface area contributed by atoms with Crippen LogP contribution in [0.5, 0.6) is 5.75 Å². The summed E-state index contributed by atoms with van der Waals surface area (Å²) in [6, 6.07) is 6.29. The molecule has 1 saturated heterocycles. The molecule has 1 aliphatic rings. The molecule has 7 heteroatoms. The quantitative estimate of drug-likeness (QED) is 0.347. The zero-order chi connectivity index (χ0) is 19.3. The summed E-state index contributed by atoms with van der Waals surface area (Å²) in [6.45, 7) is 7.54. The predicted octanol–water partition coefficient (Wildman–Crippen LogP) is 1.74. The molecular formula is C20H33N3O4.